The second-order valence-electron chi connectivity index (χ2n) is 10.0. The molecular formula is C29H27ClN4O5S. The lowest BCUT2D eigenvalue weighted by atomic mass is 9.93. The van der Waals surface area contributed by atoms with Crippen LogP contribution in [0.4, 0.5) is 5.13 Å². The molecule has 0 bridgehead atoms. The van der Waals surface area contributed by atoms with Crippen molar-refractivity contribution in [2.24, 2.45) is 5.73 Å². The minimum Gasteiger partial charge on any atom is -0.491 e. The lowest BCUT2D eigenvalue weighted by Crippen LogP contribution is -2.27. The van der Waals surface area contributed by atoms with Crippen molar-refractivity contribution in [2.75, 3.05) is 11.9 Å². The Hall–Kier alpha value is -3.99. The summed E-state index contributed by atoms with van der Waals surface area (Å²) in [5.74, 6) is 0.144. The van der Waals surface area contributed by atoms with Gasteiger partial charge in [-0.1, -0.05) is 17.7 Å². The average molecular weight is 579 g/mol. The van der Waals surface area contributed by atoms with E-state index in [1.165, 1.54) is 23.6 Å². The lowest BCUT2D eigenvalue weighted by molar-refractivity contribution is -0.115. The summed E-state index contributed by atoms with van der Waals surface area (Å²) in [6.45, 7) is 3.60. The highest BCUT2D eigenvalue weighted by Crippen LogP contribution is 2.39. The number of primary amides is 1. The second kappa shape index (κ2) is 11.2. The Labute approximate surface area is 239 Å². The molecular weight excluding hydrogens is 552 g/mol. The third-order valence-corrected chi connectivity index (χ3v) is 7.42. The number of hydrogen-bond donors (Lipinski definition) is 3. The van der Waals surface area contributed by atoms with Gasteiger partial charge in [-0.25, -0.2) is 9.97 Å². The van der Waals surface area contributed by atoms with Crippen LogP contribution in [0.15, 0.2) is 54.7 Å². The molecule has 0 unspecified atom stereocenters. The molecule has 40 heavy (non-hydrogen) atoms. The number of ether oxygens (including phenoxy) is 2. The van der Waals surface area contributed by atoms with E-state index < -0.39 is 11.5 Å². The predicted octanol–water partition coefficient (Wildman–Crippen LogP) is 5.18. The molecule has 4 N–H and O–H groups in total. The zero-order valence-corrected chi connectivity index (χ0v) is 23.4. The number of halogens is 1. The van der Waals surface area contributed by atoms with E-state index in [0.717, 1.165) is 34.5 Å². The molecule has 4 aromatic rings. The van der Waals surface area contributed by atoms with Gasteiger partial charge in [0.1, 0.15) is 23.7 Å². The first-order valence-electron chi connectivity index (χ1n) is 12.5. The summed E-state index contributed by atoms with van der Waals surface area (Å²) < 4.78 is 11.4. The Morgan fingerprint density at radius 1 is 1.18 bits per heavy atom. The van der Waals surface area contributed by atoms with Gasteiger partial charge in [-0.2, -0.15) is 0 Å². The maximum absolute atomic E-state index is 12.8. The summed E-state index contributed by atoms with van der Waals surface area (Å²) in [7, 11) is 0. The first-order valence-corrected chi connectivity index (χ1v) is 13.7. The number of nitrogens with two attached hydrogens (primary N) is 1. The molecule has 9 nitrogen and oxygen atoms in total. The summed E-state index contributed by atoms with van der Waals surface area (Å²) >= 11 is 7.86. The molecule has 1 aliphatic rings. The number of aromatic nitrogens is 2. The van der Waals surface area contributed by atoms with Crippen LogP contribution in [0.1, 0.15) is 40.2 Å². The van der Waals surface area contributed by atoms with Crippen LogP contribution in [0.3, 0.4) is 0 Å². The van der Waals surface area contributed by atoms with E-state index in [-0.39, 0.29) is 41.2 Å². The van der Waals surface area contributed by atoms with Gasteiger partial charge in [-0.05, 0) is 80.3 Å². The van der Waals surface area contributed by atoms with Crippen LogP contribution in [-0.2, 0) is 24.1 Å². The number of hydrogen-bond acceptors (Lipinski definition) is 8. The summed E-state index contributed by atoms with van der Waals surface area (Å²) in [5, 5.41) is 13.6. The highest BCUT2D eigenvalue weighted by Gasteiger charge is 2.23. The molecule has 5 rings (SSSR count). The van der Waals surface area contributed by atoms with Crippen LogP contribution >= 0.6 is 22.9 Å². The number of rotatable bonds is 9. The summed E-state index contributed by atoms with van der Waals surface area (Å²) in [6, 6.07) is 13.9. The van der Waals surface area contributed by atoms with E-state index in [9.17, 15) is 14.7 Å². The molecule has 0 aliphatic heterocycles. The predicted molar refractivity (Wildman–Crippen MR) is 153 cm³/mol. The number of thiazole rings is 1. The van der Waals surface area contributed by atoms with E-state index in [0.29, 0.717) is 16.4 Å². The third kappa shape index (κ3) is 6.41. The first kappa shape index (κ1) is 27.6. The summed E-state index contributed by atoms with van der Waals surface area (Å²) in [5.41, 5.74) is 8.28. The third-order valence-electron chi connectivity index (χ3n) is 6.09. The Kier molecular flexibility index (Phi) is 7.75. The molecule has 1 aliphatic carbocycles. The molecule has 206 valence electrons. The minimum absolute atomic E-state index is 0.0505. The fourth-order valence-electron chi connectivity index (χ4n) is 4.24. The molecule has 2 heterocycles. The number of amides is 2. The van der Waals surface area contributed by atoms with Crippen LogP contribution < -0.4 is 20.5 Å². The van der Waals surface area contributed by atoms with Gasteiger partial charge in [0.15, 0.2) is 5.13 Å². The number of fused-ring (bicyclic) bond motifs is 3. The fourth-order valence-corrected chi connectivity index (χ4v) is 5.47. The number of nitrogens with zero attached hydrogens (tertiary/aromatic N) is 2. The Morgan fingerprint density at radius 3 is 2.75 bits per heavy atom. The van der Waals surface area contributed by atoms with Crippen LogP contribution in [0.25, 0.3) is 11.3 Å². The summed E-state index contributed by atoms with van der Waals surface area (Å²) in [6.07, 6.45) is 3.22. The van der Waals surface area contributed by atoms with Crippen LogP contribution in [0.2, 0.25) is 5.02 Å². The maximum Gasteiger partial charge on any atom is 0.254 e. The van der Waals surface area contributed by atoms with E-state index >= 15 is 0 Å². The molecule has 0 fully saturated rings. The van der Waals surface area contributed by atoms with Crippen molar-refractivity contribution in [3.8, 4) is 28.6 Å². The van der Waals surface area contributed by atoms with Crippen LogP contribution in [0.5, 0.6) is 17.4 Å². The van der Waals surface area contributed by atoms with E-state index in [1.54, 1.807) is 38.1 Å². The van der Waals surface area contributed by atoms with Gasteiger partial charge >= 0.3 is 0 Å². The maximum atomic E-state index is 12.8. The quantitative estimate of drug-likeness (QED) is 0.249. The van der Waals surface area contributed by atoms with Crippen molar-refractivity contribution in [3.63, 3.8) is 0 Å². The minimum atomic E-state index is -0.915. The topological polar surface area (TPSA) is 137 Å². The number of carbonyl (C=O) groups is 2. The van der Waals surface area contributed by atoms with E-state index in [4.69, 9.17) is 31.8 Å². The number of benzene rings is 2. The Morgan fingerprint density at radius 2 is 2.00 bits per heavy atom. The Balaban J connectivity index is 1.24. The average Bonchev–Trinajstić information content (AvgIpc) is 3.31. The molecule has 0 saturated carbocycles. The monoisotopic (exact) mass is 578 g/mol. The standard InChI is InChI=1S/C29H27ClN4O5S/c1-29(2,37)15-38-18-7-8-19-17(14-18)6-10-23-25(19)34-28(40-23)33-24(35)13-16-5-9-22(21(30)12-16)39-27-20(26(31)36)4-3-11-32-27/h3-5,7-9,11-12,14,37H,6,10,13,15H2,1-2H3,(H2,31,36)(H,33,34,35). The fraction of sp³-hybridized carbons (Fsp3) is 0.241. The van der Waals surface area contributed by atoms with Crippen molar-refractivity contribution < 1.29 is 24.2 Å². The number of carbonyl (C=O) groups excluding carboxylic acids is 2. The molecule has 0 atom stereocenters. The smallest absolute Gasteiger partial charge is 0.254 e. The van der Waals surface area contributed by atoms with Crippen molar-refractivity contribution in [1.82, 2.24) is 9.97 Å². The van der Waals surface area contributed by atoms with Gasteiger partial charge in [0.25, 0.3) is 5.91 Å². The van der Waals surface area contributed by atoms with Gasteiger partial charge in [0, 0.05) is 16.6 Å². The second-order valence-corrected chi connectivity index (χ2v) is 11.5. The van der Waals surface area contributed by atoms with Crippen LogP contribution in [0, 0.1) is 0 Å². The summed E-state index contributed by atoms with van der Waals surface area (Å²) in [4.78, 5) is 34.3. The van der Waals surface area contributed by atoms with E-state index in [1.807, 2.05) is 18.2 Å². The van der Waals surface area contributed by atoms with Crippen molar-refractivity contribution in [1.29, 1.82) is 0 Å². The molecule has 2 aromatic heterocycles. The van der Waals surface area contributed by atoms with Gasteiger partial charge in [0.05, 0.1) is 22.7 Å². The first-order chi connectivity index (χ1) is 19.1. The number of aryl methyl sites for hydroxylation is 2. The highest BCUT2D eigenvalue weighted by atomic mass is 35.5. The zero-order chi connectivity index (χ0) is 28.4. The zero-order valence-electron chi connectivity index (χ0n) is 21.9. The van der Waals surface area contributed by atoms with Crippen molar-refractivity contribution >= 4 is 39.9 Å². The Bertz CT molecular complexity index is 1600. The molecule has 0 radical (unpaired) electrons. The molecule has 11 heteroatoms. The van der Waals surface area contributed by atoms with Gasteiger partial charge in [-0.3, -0.25) is 9.59 Å². The molecule has 0 saturated heterocycles. The van der Waals surface area contributed by atoms with Gasteiger partial charge in [0.2, 0.25) is 11.8 Å². The van der Waals surface area contributed by atoms with Gasteiger partial charge < -0.3 is 25.6 Å². The number of aliphatic hydroxyl groups is 1. The SMILES string of the molecule is CC(C)(O)COc1ccc2c(c1)CCc1sc(NC(=O)Cc3ccc(Oc4ncccc4C(N)=O)c(Cl)c3)nc1-2. The molecule has 2 amide bonds. The highest BCUT2D eigenvalue weighted by molar-refractivity contribution is 7.16. The number of nitrogens with one attached hydrogen (secondary N) is 1. The van der Waals surface area contributed by atoms with E-state index in [2.05, 4.69) is 10.3 Å². The van der Waals surface area contributed by atoms with Gasteiger partial charge in [-0.15, -0.1) is 11.3 Å². The largest absolute Gasteiger partial charge is 0.491 e. The van der Waals surface area contributed by atoms with Crippen molar-refractivity contribution in [3.05, 3.63) is 81.3 Å². The number of anilines is 1. The van der Waals surface area contributed by atoms with Crippen molar-refractivity contribution in [2.45, 2.75) is 38.7 Å². The molecule has 0 spiro atoms. The molecule has 2 aromatic carbocycles. The lowest BCUT2D eigenvalue weighted by Gasteiger charge is -2.20. The van der Waals surface area contributed by atoms with Crippen LogP contribution in [-0.4, -0.2) is 39.1 Å². The normalized spacial score (nSPS) is 12.3. The number of pyridine rings is 1.